The molecule has 0 bridgehead atoms. The normalized spacial score (nSPS) is 18.4. The average molecular weight is 302 g/mol. The van der Waals surface area contributed by atoms with Crippen molar-refractivity contribution in [2.24, 2.45) is 0 Å². The number of aliphatic hydroxyl groups is 1. The van der Waals surface area contributed by atoms with Gasteiger partial charge in [0.15, 0.2) is 6.61 Å². The van der Waals surface area contributed by atoms with Crippen molar-refractivity contribution in [2.45, 2.75) is 6.10 Å². The fourth-order valence-electron chi connectivity index (χ4n) is 2.48. The molecule has 1 aromatic heterocycles. The fraction of sp³-hybridized carbons (Fsp3) is 0.375. The molecule has 1 atom stereocenters. The van der Waals surface area contributed by atoms with Crippen LogP contribution < -0.4 is 4.74 Å². The number of fused-ring (bicyclic) bond motifs is 1. The maximum absolute atomic E-state index is 12.2. The Hall–Kier alpha value is -2.18. The van der Waals surface area contributed by atoms with E-state index in [0.717, 1.165) is 10.9 Å². The van der Waals surface area contributed by atoms with Gasteiger partial charge in [-0.2, -0.15) is 0 Å². The van der Waals surface area contributed by atoms with Gasteiger partial charge < -0.3 is 19.5 Å². The number of ether oxygens (including phenoxy) is 2. The number of aromatic nitrogens is 1. The van der Waals surface area contributed by atoms with E-state index >= 15 is 0 Å². The Morgan fingerprint density at radius 1 is 1.41 bits per heavy atom. The largest absolute Gasteiger partial charge is 0.483 e. The molecular weight excluding hydrogens is 284 g/mol. The fourth-order valence-corrected chi connectivity index (χ4v) is 2.48. The van der Waals surface area contributed by atoms with Crippen LogP contribution in [0, 0.1) is 0 Å². The number of hydrogen-bond donors (Lipinski definition) is 1. The van der Waals surface area contributed by atoms with E-state index in [4.69, 9.17) is 14.6 Å². The van der Waals surface area contributed by atoms with Crippen molar-refractivity contribution < 1.29 is 19.4 Å². The Bertz CT molecular complexity index is 656. The van der Waals surface area contributed by atoms with Crippen LogP contribution >= 0.6 is 0 Å². The second-order valence-corrected chi connectivity index (χ2v) is 5.13. The van der Waals surface area contributed by atoms with Gasteiger partial charge in [0.1, 0.15) is 5.75 Å². The highest BCUT2D eigenvalue weighted by molar-refractivity contribution is 5.85. The molecule has 0 aliphatic carbocycles. The van der Waals surface area contributed by atoms with Crippen molar-refractivity contribution in [1.29, 1.82) is 0 Å². The number of rotatable bonds is 4. The Morgan fingerprint density at radius 2 is 2.27 bits per heavy atom. The SMILES string of the molecule is O=C(COc1ccnc2ccccc12)N1CCOC(CO)C1. The third kappa shape index (κ3) is 3.18. The number of para-hydroxylation sites is 1. The molecular formula is C16H18N2O4. The first kappa shape index (κ1) is 14.7. The van der Waals surface area contributed by atoms with Crippen molar-refractivity contribution in [2.75, 3.05) is 32.9 Å². The highest BCUT2D eigenvalue weighted by atomic mass is 16.5. The van der Waals surface area contributed by atoms with Crippen molar-refractivity contribution in [3.63, 3.8) is 0 Å². The van der Waals surface area contributed by atoms with Gasteiger partial charge in [0, 0.05) is 24.7 Å². The van der Waals surface area contributed by atoms with E-state index < -0.39 is 0 Å². The molecule has 0 spiro atoms. The van der Waals surface area contributed by atoms with Crippen LogP contribution in [0.3, 0.4) is 0 Å². The maximum atomic E-state index is 12.2. The molecule has 1 amide bonds. The predicted molar refractivity (Wildman–Crippen MR) is 80.6 cm³/mol. The van der Waals surface area contributed by atoms with Gasteiger partial charge >= 0.3 is 0 Å². The third-order valence-corrected chi connectivity index (χ3v) is 3.66. The van der Waals surface area contributed by atoms with E-state index in [9.17, 15) is 4.79 Å². The first-order valence-electron chi connectivity index (χ1n) is 7.24. The molecule has 1 fully saturated rings. The topological polar surface area (TPSA) is 71.9 Å². The van der Waals surface area contributed by atoms with Gasteiger partial charge in [-0.25, -0.2) is 0 Å². The standard InChI is InChI=1S/C16H18N2O4/c19-10-12-9-18(7-8-21-12)16(20)11-22-15-5-6-17-14-4-2-1-3-13(14)15/h1-6,12,19H,7-11H2. The van der Waals surface area contributed by atoms with Crippen LogP contribution in [-0.4, -0.2) is 59.9 Å². The minimum Gasteiger partial charge on any atom is -0.483 e. The Labute approximate surface area is 128 Å². The van der Waals surface area contributed by atoms with Crippen molar-refractivity contribution in [3.05, 3.63) is 36.5 Å². The molecule has 1 aliphatic heterocycles. The predicted octanol–water partition coefficient (Wildman–Crippen LogP) is 0.833. The minimum absolute atomic E-state index is 0.0356. The highest BCUT2D eigenvalue weighted by Crippen LogP contribution is 2.23. The second kappa shape index (κ2) is 6.72. The molecule has 1 aromatic carbocycles. The Kier molecular flexibility index (Phi) is 4.50. The summed E-state index contributed by atoms with van der Waals surface area (Å²) in [6.45, 7) is 1.24. The Balaban J connectivity index is 1.65. The molecule has 1 N–H and O–H groups in total. The van der Waals surface area contributed by atoms with Gasteiger partial charge in [-0.1, -0.05) is 12.1 Å². The van der Waals surface area contributed by atoms with Gasteiger partial charge in [0.25, 0.3) is 5.91 Å². The molecule has 6 nitrogen and oxygen atoms in total. The van der Waals surface area contributed by atoms with Gasteiger partial charge in [0.2, 0.25) is 0 Å². The number of morpholine rings is 1. The smallest absolute Gasteiger partial charge is 0.260 e. The van der Waals surface area contributed by atoms with Crippen LogP contribution in [0.1, 0.15) is 0 Å². The van der Waals surface area contributed by atoms with E-state index in [-0.39, 0.29) is 25.2 Å². The quantitative estimate of drug-likeness (QED) is 0.906. The molecule has 3 rings (SSSR count). The Morgan fingerprint density at radius 3 is 3.14 bits per heavy atom. The molecule has 1 unspecified atom stereocenters. The highest BCUT2D eigenvalue weighted by Gasteiger charge is 2.23. The summed E-state index contributed by atoms with van der Waals surface area (Å²) in [6.07, 6.45) is 1.36. The van der Waals surface area contributed by atoms with E-state index in [1.807, 2.05) is 24.3 Å². The molecule has 2 aromatic rings. The monoisotopic (exact) mass is 302 g/mol. The zero-order valence-corrected chi connectivity index (χ0v) is 12.1. The van der Waals surface area contributed by atoms with Gasteiger partial charge in [-0.15, -0.1) is 0 Å². The third-order valence-electron chi connectivity index (χ3n) is 3.66. The summed E-state index contributed by atoms with van der Waals surface area (Å²) in [5.74, 6) is 0.536. The van der Waals surface area contributed by atoms with Crippen LogP contribution in [0.15, 0.2) is 36.5 Å². The molecule has 0 saturated carbocycles. The van der Waals surface area contributed by atoms with E-state index in [2.05, 4.69) is 4.98 Å². The van der Waals surface area contributed by atoms with Gasteiger partial charge in [-0.05, 0) is 18.2 Å². The number of amides is 1. The van der Waals surface area contributed by atoms with Crippen molar-refractivity contribution in [1.82, 2.24) is 9.88 Å². The lowest BCUT2D eigenvalue weighted by Gasteiger charge is -2.32. The van der Waals surface area contributed by atoms with Crippen LogP contribution in [0.25, 0.3) is 10.9 Å². The zero-order valence-electron chi connectivity index (χ0n) is 12.1. The van der Waals surface area contributed by atoms with Crippen LogP contribution in [0.2, 0.25) is 0 Å². The molecule has 0 radical (unpaired) electrons. The first-order chi connectivity index (χ1) is 10.8. The zero-order chi connectivity index (χ0) is 15.4. The van der Waals surface area contributed by atoms with E-state index in [1.165, 1.54) is 0 Å². The number of aliphatic hydroxyl groups excluding tert-OH is 1. The number of carbonyl (C=O) groups excluding carboxylic acids is 1. The second-order valence-electron chi connectivity index (χ2n) is 5.13. The molecule has 1 aliphatic rings. The molecule has 2 heterocycles. The molecule has 22 heavy (non-hydrogen) atoms. The minimum atomic E-state index is -0.306. The molecule has 116 valence electrons. The van der Waals surface area contributed by atoms with Gasteiger partial charge in [0.05, 0.1) is 24.8 Å². The maximum Gasteiger partial charge on any atom is 0.260 e. The summed E-state index contributed by atoms with van der Waals surface area (Å²) in [5, 5.41) is 10.00. The number of nitrogens with zero attached hydrogens (tertiary/aromatic N) is 2. The van der Waals surface area contributed by atoms with Crippen LogP contribution in [0.5, 0.6) is 5.75 Å². The summed E-state index contributed by atoms with van der Waals surface area (Å²) in [5.41, 5.74) is 0.833. The number of carbonyl (C=O) groups is 1. The van der Waals surface area contributed by atoms with Crippen LogP contribution in [0.4, 0.5) is 0 Å². The lowest BCUT2D eigenvalue weighted by molar-refractivity contribution is -0.142. The number of benzene rings is 1. The van der Waals surface area contributed by atoms with E-state index in [1.54, 1.807) is 17.2 Å². The molecule has 6 heteroatoms. The van der Waals surface area contributed by atoms with Crippen molar-refractivity contribution in [3.8, 4) is 5.75 Å². The van der Waals surface area contributed by atoms with Crippen LogP contribution in [-0.2, 0) is 9.53 Å². The summed E-state index contributed by atoms with van der Waals surface area (Å²) in [4.78, 5) is 18.1. The van der Waals surface area contributed by atoms with Crippen molar-refractivity contribution >= 4 is 16.8 Å². The van der Waals surface area contributed by atoms with E-state index in [0.29, 0.717) is 25.4 Å². The first-order valence-corrected chi connectivity index (χ1v) is 7.24. The average Bonchev–Trinajstić information content (AvgIpc) is 2.59. The lowest BCUT2D eigenvalue weighted by atomic mass is 10.2. The summed E-state index contributed by atoms with van der Waals surface area (Å²) >= 11 is 0. The molecule has 1 saturated heterocycles. The summed E-state index contributed by atoms with van der Waals surface area (Å²) in [7, 11) is 0. The summed E-state index contributed by atoms with van der Waals surface area (Å²) in [6, 6.07) is 9.39. The lowest BCUT2D eigenvalue weighted by Crippen LogP contribution is -2.48. The number of hydrogen-bond acceptors (Lipinski definition) is 5. The number of pyridine rings is 1. The summed E-state index contributed by atoms with van der Waals surface area (Å²) < 4.78 is 11.0. The van der Waals surface area contributed by atoms with Gasteiger partial charge in [-0.3, -0.25) is 9.78 Å².